The van der Waals surface area contributed by atoms with Crippen LogP contribution in [0.3, 0.4) is 0 Å². The number of aryl methyl sites for hydroxylation is 2. The van der Waals surface area contributed by atoms with Crippen molar-refractivity contribution in [1.82, 2.24) is 9.97 Å². The van der Waals surface area contributed by atoms with Crippen LogP contribution in [0.1, 0.15) is 32.2 Å². The van der Waals surface area contributed by atoms with E-state index < -0.39 is 0 Å². The third-order valence-electron chi connectivity index (χ3n) is 4.76. The molecule has 0 saturated carbocycles. The van der Waals surface area contributed by atoms with Crippen LogP contribution in [0.15, 0.2) is 53.3 Å². The van der Waals surface area contributed by atoms with Crippen LogP contribution in [-0.4, -0.2) is 15.9 Å². The summed E-state index contributed by atoms with van der Waals surface area (Å²) in [6, 6.07) is 13.9. The molecule has 2 aromatic carbocycles. The summed E-state index contributed by atoms with van der Waals surface area (Å²) in [5, 5.41) is 3.28. The van der Waals surface area contributed by atoms with Crippen molar-refractivity contribution in [1.29, 1.82) is 0 Å². The zero-order valence-electron chi connectivity index (χ0n) is 15.9. The van der Waals surface area contributed by atoms with Crippen molar-refractivity contribution in [2.24, 2.45) is 0 Å². The molecule has 0 spiro atoms. The van der Waals surface area contributed by atoms with Crippen LogP contribution in [0.2, 0.25) is 0 Å². The number of carbonyl (C=O) groups is 1. The predicted molar refractivity (Wildman–Crippen MR) is 113 cm³/mol. The van der Waals surface area contributed by atoms with Gasteiger partial charge in [-0.3, -0.25) is 9.59 Å². The van der Waals surface area contributed by atoms with Crippen LogP contribution < -0.4 is 10.9 Å². The number of fused-ring (bicyclic) bond motifs is 1. The number of benzene rings is 2. The topological polar surface area (TPSA) is 74.8 Å². The fourth-order valence-electron chi connectivity index (χ4n) is 3.20. The van der Waals surface area contributed by atoms with Gasteiger partial charge in [-0.1, -0.05) is 36.4 Å². The lowest BCUT2D eigenvalue weighted by Gasteiger charge is -2.07. The lowest BCUT2D eigenvalue weighted by atomic mass is 10.1. The Morgan fingerprint density at radius 2 is 1.86 bits per heavy atom. The van der Waals surface area contributed by atoms with Crippen molar-refractivity contribution < 1.29 is 9.18 Å². The molecular formula is C22H18FN3O2S. The van der Waals surface area contributed by atoms with Gasteiger partial charge in [-0.15, -0.1) is 11.3 Å². The Balaban J connectivity index is 1.70. The van der Waals surface area contributed by atoms with E-state index >= 15 is 0 Å². The molecular weight excluding hydrogens is 389 g/mol. The minimum atomic E-state index is -0.351. The molecule has 0 saturated heterocycles. The lowest BCUT2D eigenvalue weighted by Crippen LogP contribution is -2.14. The van der Waals surface area contributed by atoms with Crippen LogP contribution in [0.5, 0.6) is 0 Å². The van der Waals surface area contributed by atoms with Crippen LogP contribution >= 0.6 is 11.3 Å². The van der Waals surface area contributed by atoms with Crippen molar-refractivity contribution in [3.63, 3.8) is 0 Å². The molecule has 0 atom stereocenters. The molecule has 29 heavy (non-hydrogen) atoms. The Hall–Kier alpha value is -3.32. The van der Waals surface area contributed by atoms with Gasteiger partial charge in [0.25, 0.3) is 11.5 Å². The average molecular weight is 407 g/mol. The smallest absolute Gasteiger partial charge is 0.266 e. The molecule has 4 aromatic rings. The molecule has 2 aromatic heterocycles. The van der Waals surface area contributed by atoms with Crippen LogP contribution in [-0.2, 0) is 6.42 Å². The van der Waals surface area contributed by atoms with E-state index in [-0.39, 0.29) is 23.7 Å². The van der Waals surface area contributed by atoms with E-state index in [0.29, 0.717) is 32.0 Å². The summed E-state index contributed by atoms with van der Waals surface area (Å²) in [4.78, 5) is 33.5. The summed E-state index contributed by atoms with van der Waals surface area (Å²) in [6.45, 7) is 3.65. The van der Waals surface area contributed by atoms with Gasteiger partial charge in [-0.2, -0.15) is 0 Å². The van der Waals surface area contributed by atoms with E-state index in [2.05, 4.69) is 15.3 Å². The van der Waals surface area contributed by atoms with Gasteiger partial charge < -0.3 is 10.3 Å². The normalized spacial score (nSPS) is 11.0. The van der Waals surface area contributed by atoms with Crippen molar-refractivity contribution >= 4 is 33.1 Å². The molecule has 0 unspecified atom stereocenters. The summed E-state index contributed by atoms with van der Waals surface area (Å²) in [7, 11) is 0. The number of carbonyl (C=O) groups excluding carboxylic acids is 1. The first-order valence-electron chi connectivity index (χ1n) is 9.06. The highest BCUT2D eigenvalue weighted by Crippen LogP contribution is 2.28. The maximum absolute atomic E-state index is 13.9. The number of nitrogens with zero attached hydrogens (tertiary/aromatic N) is 1. The highest BCUT2D eigenvalue weighted by molar-refractivity contribution is 7.20. The molecule has 2 heterocycles. The van der Waals surface area contributed by atoms with Gasteiger partial charge in [0, 0.05) is 12.1 Å². The maximum Gasteiger partial charge on any atom is 0.266 e. The molecule has 7 heteroatoms. The highest BCUT2D eigenvalue weighted by atomic mass is 32.1. The molecule has 2 N–H and O–H groups in total. The Kier molecular flexibility index (Phi) is 4.98. The molecule has 5 nitrogen and oxygen atoms in total. The molecule has 4 rings (SSSR count). The average Bonchev–Trinajstić information content (AvgIpc) is 3.02. The number of thiophene rings is 1. The first-order chi connectivity index (χ1) is 13.9. The number of rotatable bonds is 4. The Labute approximate surface area is 170 Å². The number of aromatic amines is 1. The molecule has 0 aliphatic carbocycles. The molecule has 0 radical (unpaired) electrons. The van der Waals surface area contributed by atoms with Gasteiger partial charge >= 0.3 is 0 Å². The Bertz CT molecular complexity index is 1290. The zero-order valence-corrected chi connectivity index (χ0v) is 16.7. The number of hydrogen-bond acceptors (Lipinski definition) is 4. The van der Waals surface area contributed by atoms with Gasteiger partial charge in [0.15, 0.2) is 0 Å². The van der Waals surface area contributed by atoms with E-state index in [9.17, 15) is 14.0 Å². The lowest BCUT2D eigenvalue weighted by molar-refractivity contribution is 0.103. The number of amides is 1. The van der Waals surface area contributed by atoms with Gasteiger partial charge in [-0.25, -0.2) is 9.37 Å². The van der Waals surface area contributed by atoms with E-state index in [1.54, 1.807) is 25.1 Å². The summed E-state index contributed by atoms with van der Waals surface area (Å²) < 4.78 is 13.9. The van der Waals surface area contributed by atoms with Gasteiger partial charge in [0.2, 0.25) is 0 Å². The number of H-pyrrole nitrogens is 1. The standard InChI is InChI=1S/C22H18FN3O2S/c1-12-7-3-6-10-16(12)24-21(28)19-13(2)18-20(27)25-17(26-22(18)29-19)11-14-8-4-5-9-15(14)23/h3-10H,11H2,1-2H3,(H,24,28)(H,25,26,27). The third kappa shape index (κ3) is 3.69. The van der Waals surface area contributed by atoms with Crippen molar-refractivity contribution in [2.75, 3.05) is 5.32 Å². The second-order valence-corrected chi connectivity index (χ2v) is 7.79. The number of aromatic nitrogens is 2. The quantitative estimate of drug-likeness (QED) is 0.520. The van der Waals surface area contributed by atoms with Crippen LogP contribution in [0.25, 0.3) is 10.2 Å². The molecule has 0 aliphatic heterocycles. The monoisotopic (exact) mass is 407 g/mol. The van der Waals surface area contributed by atoms with E-state index in [1.807, 2.05) is 31.2 Å². The van der Waals surface area contributed by atoms with E-state index in [4.69, 9.17) is 0 Å². The molecule has 0 fully saturated rings. The second kappa shape index (κ2) is 7.60. The first kappa shape index (κ1) is 19.0. The minimum Gasteiger partial charge on any atom is -0.321 e. The second-order valence-electron chi connectivity index (χ2n) is 6.79. The molecule has 0 bridgehead atoms. The summed E-state index contributed by atoms with van der Waals surface area (Å²) >= 11 is 1.16. The Morgan fingerprint density at radius 1 is 1.14 bits per heavy atom. The Morgan fingerprint density at radius 3 is 2.62 bits per heavy atom. The summed E-state index contributed by atoms with van der Waals surface area (Å²) in [5.74, 6) is -0.273. The SMILES string of the molecule is Cc1ccccc1NC(=O)c1sc2nc(Cc3ccccc3F)[nH]c(=O)c2c1C. The predicted octanol–water partition coefficient (Wildman–Crippen LogP) is 4.58. The van der Waals surface area contributed by atoms with Crippen molar-refractivity contribution in [3.8, 4) is 0 Å². The fourth-order valence-corrected chi connectivity index (χ4v) is 4.30. The third-order valence-corrected chi connectivity index (χ3v) is 5.95. The van der Waals surface area contributed by atoms with Gasteiger partial charge in [0.1, 0.15) is 16.5 Å². The summed E-state index contributed by atoms with van der Waals surface area (Å²) in [5.41, 5.74) is 2.37. The van der Waals surface area contributed by atoms with Crippen LogP contribution in [0, 0.1) is 19.7 Å². The molecule has 0 aliphatic rings. The summed E-state index contributed by atoms with van der Waals surface area (Å²) in [6.07, 6.45) is 0.166. The number of halogens is 1. The number of anilines is 1. The maximum atomic E-state index is 13.9. The fraction of sp³-hybridized carbons (Fsp3) is 0.136. The van der Waals surface area contributed by atoms with Crippen molar-refractivity contribution in [2.45, 2.75) is 20.3 Å². The number of nitrogens with one attached hydrogen (secondary N) is 2. The highest BCUT2D eigenvalue weighted by Gasteiger charge is 2.20. The first-order valence-corrected chi connectivity index (χ1v) is 9.88. The number of hydrogen-bond donors (Lipinski definition) is 2. The number of para-hydroxylation sites is 1. The molecule has 146 valence electrons. The van der Waals surface area contributed by atoms with E-state index in [1.165, 1.54) is 6.07 Å². The minimum absolute atomic E-state index is 0.166. The van der Waals surface area contributed by atoms with Gasteiger partial charge in [-0.05, 0) is 42.7 Å². The molecule has 1 amide bonds. The zero-order chi connectivity index (χ0) is 20.5. The van der Waals surface area contributed by atoms with E-state index in [0.717, 1.165) is 22.6 Å². The van der Waals surface area contributed by atoms with Gasteiger partial charge in [0.05, 0.1) is 10.3 Å². The largest absolute Gasteiger partial charge is 0.321 e. The van der Waals surface area contributed by atoms with Crippen LogP contribution in [0.4, 0.5) is 10.1 Å². The van der Waals surface area contributed by atoms with Crippen molar-refractivity contribution in [3.05, 3.63) is 92.1 Å².